The normalized spacial score (nSPS) is 10.2. The molecule has 0 radical (unpaired) electrons. The predicted molar refractivity (Wildman–Crippen MR) is 48.6 cm³/mol. The molecule has 0 spiro atoms. The van der Waals surface area contributed by atoms with E-state index in [1.165, 1.54) is 6.26 Å². The van der Waals surface area contributed by atoms with Crippen molar-refractivity contribution in [1.29, 1.82) is 0 Å². The summed E-state index contributed by atoms with van der Waals surface area (Å²) in [6.07, 6.45) is 1.44. The van der Waals surface area contributed by atoms with Crippen molar-refractivity contribution in [3.63, 3.8) is 0 Å². The molecule has 4 heteroatoms. The Morgan fingerprint density at radius 2 is 2.23 bits per heavy atom. The number of hydrogen-bond donors (Lipinski definition) is 1. The van der Waals surface area contributed by atoms with E-state index in [9.17, 15) is 5.11 Å². The lowest BCUT2D eigenvalue weighted by molar-refractivity contribution is 0.475. The summed E-state index contributed by atoms with van der Waals surface area (Å²) in [6, 6.07) is 6.72. The summed E-state index contributed by atoms with van der Waals surface area (Å²) in [4.78, 5) is 3.91. The number of hydrogen-bond acceptors (Lipinski definition) is 3. The van der Waals surface area contributed by atoms with E-state index < -0.39 is 0 Å². The molecular weight excluding hydrogens is 190 g/mol. The Morgan fingerprint density at radius 1 is 1.38 bits per heavy atom. The number of nitrogens with zero attached hydrogens (tertiary/aromatic N) is 1. The Hall–Kier alpha value is -1.48. The SMILES string of the molecule is Oc1cccc(-c2coc(Cl)n2)c1. The molecule has 0 aliphatic carbocycles. The first-order valence-electron chi connectivity index (χ1n) is 3.66. The van der Waals surface area contributed by atoms with Gasteiger partial charge in [-0.25, -0.2) is 0 Å². The van der Waals surface area contributed by atoms with Gasteiger partial charge in [-0.1, -0.05) is 12.1 Å². The number of rotatable bonds is 1. The summed E-state index contributed by atoms with van der Waals surface area (Å²) < 4.78 is 4.83. The number of phenolic OH excluding ortho intramolecular Hbond substituents is 1. The van der Waals surface area contributed by atoms with Crippen LogP contribution in [0.25, 0.3) is 11.3 Å². The number of benzene rings is 1. The number of oxazole rings is 1. The van der Waals surface area contributed by atoms with E-state index in [0.29, 0.717) is 5.69 Å². The molecule has 1 N–H and O–H groups in total. The van der Waals surface area contributed by atoms with Crippen molar-refractivity contribution in [2.45, 2.75) is 0 Å². The Balaban J connectivity index is 2.46. The van der Waals surface area contributed by atoms with E-state index >= 15 is 0 Å². The summed E-state index contributed by atoms with van der Waals surface area (Å²) >= 11 is 5.51. The van der Waals surface area contributed by atoms with Gasteiger partial charge in [0.05, 0.1) is 0 Å². The number of aromatic nitrogens is 1. The zero-order valence-corrected chi connectivity index (χ0v) is 7.32. The van der Waals surface area contributed by atoms with Gasteiger partial charge in [0.15, 0.2) is 0 Å². The van der Waals surface area contributed by atoms with E-state index in [2.05, 4.69) is 4.98 Å². The van der Waals surface area contributed by atoms with Crippen molar-refractivity contribution in [2.75, 3.05) is 0 Å². The largest absolute Gasteiger partial charge is 0.508 e. The molecule has 0 amide bonds. The smallest absolute Gasteiger partial charge is 0.292 e. The standard InChI is InChI=1S/C9H6ClNO2/c10-9-11-8(5-13-9)6-2-1-3-7(12)4-6/h1-5,12H. The highest BCUT2D eigenvalue weighted by atomic mass is 35.5. The maximum Gasteiger partial charge on any atom is 0.292 e. The molecule has 0 saturated heterocycles. The molecule has 0 atom stereocenters. The fourth-order valence-corrected chi connectivity index (χ4v) is 1.19. The van der Waals surface area contributed by atoms with E-state index in [1.54, 1.807) is 18.2 Å². The quantitative estimate of drug-likeness (QED) is 0.761. The summed E-state index contributed by atoms with van der Waals surface area (Å²) in [5.41, 5.74) is 1.39. The van der Waals surface area contributed by atoms with Gasteiger partial charge in [0, 0.05) is 5.56 Å². The fourth-order valence-electron chi connectivity index (χ4n) is 1.05. The highest BCUT2D eigenvalue weighted by Gasteiger charge is 2.03. The summed E-state index contributed by atoms with van der Waals surface area (Å²) in [5.74, 6) is 0.191. The Labute approximate surface area is 79.6 Å². The molecule has 13 heavy (non-hydrogen) atoms. The van der Waals surface area contributed by atoms with Crippen molar-refractivity contribution in [3.05, 3.63) is 35.9 Å². The van der Waals surface area contributed by atoms with Gasteiger partial charge in [0.25, 0.3) is 5.35 Å². The van der Waals surface area contributed by atoms with Crippen LogP contribution in [0.5, 0.6) is 5.75 Å². The van der Waals surface area contributed by atoms with Gasteiger partial charge in [-0.3, -0.25) is 0 Å². The first-order valence-corrected chi connectivity index (χ1v) is 4.04. The summed E-state index contributed by atoms with van der Waals surface area (Å²) in [5, 5.41) is 9.29. The minimum atomic E-state index is 0.0957. The van der Waals surface area contributed by atoms with E-state index in [4.69, 9.17) is 16.0 Å². The highest BCUT2D eigenvalue weighted by Crippen LogP contribution is 2.23. The Bertz CT molecular complexity index is 425. The predicted octanol–water partition coefficient (Wildman–Crippen LogP) is 2.70. The van der Waals surface area contributed by atoms with E-state index in [1.807, 2.05) is 6.07 Å². The Kier molecular flexibility index (Phi) is 1.94. The van der Waals surface area contributed by atoms with Gasteiger partial charge < -0.3 is 9.52 Å². The molecule has 66 valence electrons. The second-order valence-corrected chi connectivity index (χ2v) is 2.86. The summed E-state index contributed by atoms with van der Waals surface area (Å²) in [6.45, 7) is 0. The lowest BCUT2D eigenvalue weighted by Gasteiger charge is -1.95. The van der Waals surface area contributed by atoms with E-state index in [-0.39, 0.29) is 11.1 Å². The molecular formula is C9H6ClNO2. The topological polar surface area (TPSA) is 46.3 Å². The average molecular weight is 196 g/mol. The van der Waals surface area contributed by atoms with Gasteiger partial charge in [-0.2, -0.15) is 4.98 Å². The third-order valence-corrected chi connectivity index (χ3v) is 1.79. The lowest BCUT2D eigenvalue weighted by Crippen LogP contribution is -1.75. The molecule has 1 aromatic heterocycles. The van der Waals surface area contributed by atoms with Gasteiger partial charge in [-0.05, 0) is 23.7 Å². The number of aromatic hydroxyl groups is 1. The van der Waals surface area contributed by atoms with Crippen molar-refractivity contribution in [3.8, 4) is 17.0 Å². The van der Waals surface area contributed by atoms with Gasteiger partial charge in [0.1, 0.15) is 17.7 Å². The van der Waals surface area contributed by atoms with Crippen LogP contribution in [0.4, 0.5) is 0 Å². The molecule has 0 bridgehead atoms. The van der Waals surface area contributed by atoms with Crippen LogP contribution in [0.15, 0.2) is 34.9 Å². The summed E-state index contributed by atoms with van der Waals surface area (Å²) in [7, 11) is 0. The van der Waals surface area contributed by atoms with Crippen LogP contribution in [0.3, 0.4) is 0 Å². The van der Waals surface area contributed by atoms with Crippen LogP contribution < -0.4 is 0 Å². The van der Waals surface area contributed by atoms with Crippen LogP contribution in [-0.2, 0) is 0 Å². The molecule has 2 rings (SSSR count). The average Bonchev–Trinajstić information content (AvgIpc) is 2.52. The minimum Gasteiger partial charge on any atom is -0.508 e. The van der Waals surface area contributed by atoms with Crippen LogP contribution in [0, 0.1) is 0 Å². The van der Waals surface area contributed by atoms with Gasteiger partial charge in [0.2, 0.25) is 0 Å². The van der Waals surface area contributed by atoms with Crippen LogP contribution in [0.2, 0.25) is 5.35 Å². The minimum absolute atomic E-state index is 0.0957. The molecule has 0 aliphatic heterocycles. The molecule has 1 aromatic carbocycles. The zero-order chi connectivity index (χ0) is 9.26. The maximum absolute atomic E-state index is 9.19. The molecule has 0 unspecified atom stereocenters. The lowest BCUT2D eigenvalue weighted by atomic mass is 10.2. The molecule has 0 aliphatic rings. The maximum atomic E-state index is 9.19. The van der Waals surface area contributed by atoms with E-state index in [0.717, 1.165) is 5.56 Å². The highest BCUT2D eigenvalue weighted by molar-refractivity contribution is 6.27. The van der Waals surface area contributed by atoms with Crippen LogP contribution >= 0.6 is 11.6 Å². The third-order valence-electron chi connectivity index (χ3n) is 1.62. The first kappa shape index (κ1) is 8.13. The third kappa shape index (κ3) is 1.65. The number of phenols is 1. The van der Waals surface area contributed by atoms with Crippen LogP contribution in [-0.4, -0.2) is 10.1 Å². The second-order valence-electron chi connectivity index (χ2n) is 2.54. The molecule has 0 saturated carbocycles. The van der Waals surface area contributed by atoms with Crippen molar-refractivity contribution in [2.24, 2.45) is 0 Å². The zero-order valence-electron chi connectivity index (χ0n) is 6.57. The first-order chi connectivity index (χ1) is 6.25. The van der Waals surface area contributed by atoms with Crippen molar-refractivity contribution in [1.82, 2.24) is 4.98 Å². The fraction of sp³-hybridized carbons (Fsp3) is 0. The van der Waals surface area contributed by atoms with Crippen LogP contribution in [0.1, 0.15) is 0 Å². The Morgan fingerprint density at radius 3 is 2.85 bits per heavy atom. The van der Waals surface area contributed by atoms with Crippen molar-refractivity contribution >= 4 is 11.6 Å². The molecule has 1 heterocycles. The number of halogens is 1. The van der Waals surface area contributed by atoms with Crippen molar-refractivity contribution < 1.29 is 9.52 Å². The monoisotopic (exact) mass is 195 g/mol. The molecule has 3 nitrogen and oxygen atoms in total. The van der Waals surface area contributed by atoms with Gasteiger partial charge in [-0.15, -0.1) is 0 Å². The molecule has 0 fully saturated rings. The van der Waals surface area contributed by atoms with Gasteiger partial charge >= 0.3 is 0 Å². The second kappa shape index (κ2) is 3.11. The molecule has 2 aromatic rings.